The van der Waals surface area contributed by atoms with Crippen LogP contribution < -0.4 is 4.90 Å². The van der Waals surface area contributed by atoms with E-state index in [1.165, 1.54) is 0 Å². The molecule has 0 spiro atoms. The van der Waals surface area contributed by atoms with Crippen molar-refractivity contribution < 1.29 is 9.59 Å². The summed E-state index contributed by atoms with van der Waals surface area (Å²) in [6, 6.07) is 17.4. The second-order valence-electron chi connectivity index (χ2n) is 6.88. The van der Waals surface area contributed by atoms with Gasteiger partial charge >= 0.3 is 0 Å². The number of aromatic nitrogens is 1. The molecular formula is C21H21N3O2. The van der Waals surface area contributed by atoms with Gasteiger partial charge in [-0.05, 0) is 18.2 Å². The Labute approximate surface area is 152 Å². The SMILES string of the molecule is CN(C)C(=O)C1CN(c2ccccc2)C(=O)c2c1c1ccccc1n2C. The predicted octanol–water partition coefficient (Wildman–Crippen LogP) is 3.01. The average molecular weight is 347 g/mol. The number of carbonyl (C=O) groups is 2. The summed E-state index contributed by atoms with van der Waals surface area (Å²) in [7, 11) is 5.41. The molecule has 0 aliphatic carbocycles. The number of likely N-dealkylation sites (N-methyl/N-ethyl adjacent to an activating group) is 1. The van der Waals surface area contributed by atoms with Crippen LogP contribution in [0.4, 0.5) is 5.69 Å². The van der Waals surface area contributed by atoms with E-state index >= 15 is 0 Å². The van der Waals surface area contributed by atoms with Gasteiger partial charge in [0.15, 0.2) is 0 Å². The first kappa shape index (κ1) is 16.4. The number of hydrogen-bond acceptors (Lipinski definition) is 2. The van der Waals surface area contributed by atoms with Crippen LogP contribution >= 0.6 is 0 Å². The highest BCUT2D eigenvalue weighted by Gasteiger charge is 2.40. The molecule has 1 atom stereocenters. The van der Waals surface area contributed by atoms with Crippen molar-refractivity contribution >= 4 is 28.4 Å². The van der Waals surface area contributed by atoms with E-state index in [1.807, 2.05) is 66.2 Å². The Morgan fingerprint density at radius 2 is 1.69 bits per heavy atom. The van der Waals surface area contributed by atoms with Crippen molar-refractivity contribution in [2.24, 2.45) is 7.05 Å². The first-order chi connectivity index (χ1) is 12.5. The van der Waals surface area contributed by atoms with Crippen LogP contribution in [0.2, 0.25) is 0 Å². The molecule has 0 N–H and O–H groups in total. The first-order valence-corrected chi connectivity index (χ1v) is 8.66. The zero-order valence-corrected chi connectivity index (χ0v) is 15.1. The van der Waals surface area contributed by atoms with Crippen molar-refractivity contribution in [3.8, 4) is 0 Å². The molecule has 0 bridgehead atoms. The van der Waals surface area contributed by atoms with Gasteiger partial charge < -0.3 is 14.4 Å². The van der Waals surface area contributed by atoms with Gasteiger partial charge in [0.25, 0.3) is 5.91 Å². The lowest BCUT2D eigenvalue weighted by atomic mass is 9.90. The Morgan fingerprint density at radius 3 is 2.38 bits per heavy atom. The van der Waals surface area contributed by atoms with E-state index in [2.05, 4.69) is 0 Å². The molecule has 0 saturated heterocycles. The normalized spacial score (nSPS) is 16.7. The highest BCUT2D eigenvalue weighted by Crippen LogP contribution is 2.38. The monoisotopic (exact) mass is 347 g/mol. The van der Waals surface area contributed by atoms with Gasteiger partial charge in [0.05, 0.1) is 5.92 Å². The van der Waals surface area contributed by atoms with Crippen molar-refractivity contribution in [3.05, 3.63) is 65.9 Å². The van der Waals surface area contributed by atoms with Crippen LogP contribution in [0.5, 0.6) is 0 Å². The van der Waals surface area contributed by atoms with Crippen molar-refractivity contribution in [3.63, 3.8) is 0 Å². The molecule has 5 nitrogen and oxygen atoms in total. The molecule has 1 aromatic heterocycles. The fourth-order valence-corrected chi connectivity index (χ4v) is 3.86. The maximum absolute atomic E-state index is 13.3. The number of nitrogens with zero attached hydrogens (tertiary/aromatic N) is 3. The standard InChI is InChI=1S/C21H21N3O2/c1-22(2)20(25)16-13-24(14-9-5-4-6-10-14)21(26)19-18(16)15-11-7-8-12-17(15)23(19)3/h4-12,16H,13H2,1-3H3. The summed E-state index contributed by atoms with van der Waals surface area (Å²) >= 11 is 0. The summed E-state index contributed by atoms with van der Waals surface area (Å²) in [6.07, 6.45) is 0. The van der Waals surface area contributed by atoms with Crippen molar-refractivity contribution in [1.82, 2.24) is 9.47 Å². The Hall–Kier alpha value is -3.08. The largest absolute Gasteiger partial charge is 0.348 e. The van der Waals surface area contributed by atoms with Crippen LogP contribution in [0.25, 0.3) is 10.9 Å². The van der Waals surface area contributed by atoms with Gasteiger partial charge in [-0.1, -0.05) is 36.4 Å². The summed E-state index contributed by atoms with van der Waals surface area (Å²) in [5, 5.41) is 0.978. The lowest BCUT2D eigenvalue weighted by molar-refractivity contribution is -0.130. The number of carbonyl (C=O) groups excluding carboxylic acids is 2. The van der Waals surface area contributed by atoms with Gasteiger partial charge in [-0.2, -0.15) is 0 Å². The number of fused-ring (bicyclic) bond motifs is 3. The van der Waals surface area contributed by atoms with Gasteiger partial charge in [-0.25, -0.2) is 0 Å². The molecule has 1 aliphatic heterocycles. The number of amides is 2. The number of benzene rings is 2. The molecule has 2 aromatic carbocycles. The maximum Gasteiger partial charge on any atom is 0.275 e. The zero-order valence-electron chi connectivity index (χ0n) is 15.1. The summed E-state index contributed by atoms with van der Waals surface area (Å²) in [6.45, 7) is 0.348. The molecule has 0 saturated carbocycles. The molecule has 2 amide bonds. The van der Waals surface area contributed by atoms with E-state index in [4.69, 9.17) is 0 Å². The van der Waals surface area contributed by atoms with Crippen LogP contribution in [-0.4, -0.2) is 41.9 Å². The molecular weight excluding hydrogens is 326 g/mol. The molecule has 2 heterocycles. The number of anilines is 1. The Kier molecular flexibility index (Phi) is 3.80. The second kappa shape index (κ2) is 6.02. The van der Waals surface area contributed by atoms with Crippen LogP contribution in [0.1, 0.15) is 22.0 Å². The fraction of sp³-hybridized carbons (Fsp3) is 0.238. The number of para-hydroxylation sites is 2. The molecule has 4 rings (SSSR count). The van der Waals surface area contributed by atoms with Gasteiger partial charge in [-0.15, -0.1) is 0 Å². The van der Waals surface area contributed by atoms with E-state index < -0.39 is 0 Å². The molecule has 0 radical (unpaired) electrons. The third-order valence-corrected chi connectivity index (χ3v) is 5.11. The Bertz CT molecular complexity index is 1000. The van der Waals surface area contributed by atoms with E-state index in [0.29, 0.717) is 12.2 Å². The van der Waals surface area contributed by atoms with Crippen LogP contribution in [0.15, 0.2) is 54.6 Å². The molecule has 1 aliphatic rings. The lowest BCUT2D eigenvalue weighted by Gasteiger charge is -2.34. The molecule has 5 heteroatoms. The number of rotatable bonds is 2. The van der Waals surface area contributed by atoms with E-state index in [0.717, 1.165) is 22.2 Å². The minimum Gasteiger partial charge on any atom is -0.348 e. The third-order valence-electron chi connectivity index (χ3n) is 5.11. The van der Waals surface area contributed by atoms with Crippen LogP contribution in [-0.2, 0) is 11.8 Å². The van der Waals surface area contributed by atoms with Gasteiger partial charge in [0.2, 0.25) is 5.91 Å². The van der Waals surface area contributed by atoms with Gasteiger partial charge in [0, 0.05) is 49.8 Å². The highest BCUT2D eigenvalue weighted by molar-refractivity contribution is 6.14. The van der Waals surface area contributed by atoms with E-state index in [1.54, 1.807) is 23.9 Å². The quantitative estimate of drug-likeness (QED) is 0.715. The molecule has 1 unspecified atom stereocenters. The topological polar surface area (TPSA) is 45.6 Å². The minimum atomic E-state index is -0.385. The molecule has 0 fully saturated rings. The molecule has 3 aromatic rings. The first-order valence-electron chi connectivity index (χ1n) is 8.66. The zero-order chi connectivity index (χ0) is 18.4. The number of aryl methyl sites for hydroxylation is 1. The van der Waals surface area contributed by atoms with Crippen LogP contribution in [0.3, 0.4) is 0 Å². The lowest BCUT2D eigenvalue weighted by Crippen LogP contribution is -2.45. The maximum atomic E-state index is 13.3. The summed E-state index contributed by atoms with van der Waals surface area (Å²) in [4.78, 5) is 29.6. The van der Waals surface area contributed by atoms with E-state index in [9.17, 15) is 9.59 Å². The van der Waals surface area contributed by atoms with Crippen molar-refractivity contribution in [2.45, 2.75) is 5.92 Å². The van der Waals surface area contributed by atoms with Crippen molar-refractivity contribution in [2.75, 3.05) is 25.5 Å². The van der Waals surface area contributed by atoms with E-state index in [-0.39, 0.29) is 17.7 Å². The second-order valence-corrected chi connectivity index (χ2v) is 6.88. The van der Waals surface area contributed by atoms with Gasteiger partial charge in [-0.3, -0.25) is 9.59 Å². The van der Waals surface area contributed by atoms with Crippen LogP contribution in [0, 0.1) is 0 Å². The van der Waals surface area contributed by atoms with Crippen molar-refractivity contribution in [1.29, 1.82) is 0 Å². The summed E-state index contributed by atoms with van der Waals surface area (Å²) in [5.41, 5.74) is 3.22. The fourth-order valence-electron chi connectivity index (χ4n) is 3.86. The van der Waals surface area contributed by atoms with Gasteiger partial charge in [0.1, 0.15) is 5.69 Å². The summed E-state index contributed by atoms with van der Waals surface area (Å²) < 4.78 is 1.91. The molecule has 26 heavy (non-hydrogen) atoms. The highest BCUT2D eigenvalue weighted by atomic mass is 16.2. The predicted molar refractivity (Wildman–Crippen MR) is 102 cm³/mol. The summed E-state index contributed by atoms with van der Waals surface area (Å²) in [5.74, 6) is -0.437. The number of hydrogen-bond donors (Lipinski definition) is 0. The Balaban J connectivity index is 1.97. The minimum absolute atomic E-state index is 0.0102. The smallest absolute Gasteiger partial charge is 0.275 e. The molecule has 132 valence electrons. The average Bonchev–Trinajstić information content (AvgIpc) is 2.96. The Morgan fingerprint density at radius 1 is 1.04 bits per heavy atom. The third kappa shape index (κ3) is 2.31.